The molecule has 3 rings (SSSR count). The largest absolute Gasteiger partial charge is 0.466 e. The summed E-state index contributed by atoms with van der Waals surface area (Å²) in [5.41, 5.74) is 2.51. The number of esters is 1. The first-order valence-corrected chi connectivity index (χ1v) is 8.31. The molecule has 0 aliphatic heterocycles. The topological polar surface area (TPSA) is 78.4 Å². The average molecular weight is 373 g/mol. The number of aromatic nitrogens is 2. The molecule has 134 valence electrons. The molecule has 6 nitrogen and oxygen atoms in total. The number of carbonyl (C=O) groups excluding carboxylic acids is 1. The summed E-state index contributed by atoms with van der Waals surface area (Å²) in [5, 5.41) is 8.47. The molecule has 2 aromatic heterocycles. The normalized spacial score (nSPS) is 11.2. The number of hydrogen-bond donors (Lipinski definition) is 0. The van der Waals surface area contributed by atoms with Gasteiger partial charge in [-0.3, -0.25) is 0 Å². The van der Waals surface area contributed by atoms with Crippen molar-refractivity contribution in [3.8, 4) is 11.5 Å². The monoisotopic (exact) mass is 372 g/mol. The minimum atomic E-state index is -0.517. The molecule has 0 unspecified atom stereocenters. The van der Waals surface area contributed by atoms with E-state index in [1.807, 2.05) is 39.0 Å². The van der Waals surface area contributed by atoms with Crippen LogP contribution < -0.4 is 0 Å². The zero-order valence-corrected chi connectivity index (χ0v) is 15.3. The van der Waals surface area contributed by atoms with Crippen molar-refractivity contribution in [2.45, 2.75) is 27.4 Å². The summed E-state index contributed by atoms with van der Waals surface area (Å²) in [5.74, 6) is 1.46. The number of furan rings is 1. The van der Waals surface area contributed by atoms with Gasteiger partial charge in [-0.2, -0.15) is 0 Å². The number of rotatable bonds is 5. The van der Waals surface area contributed by atoms with Crippen molar-refractivity contribution in [1.82, 2.24) is 10.2 Å². The van der Waals surface area contributed by atoms with E-state index < -0.39 is 5.97 Å². The summed E-state index contributed by atoms with van der Waals surface area (Å²) in [6.07, 6.45) is 2.95. The highest BCUT2D eigenvalue weighted by Gasteiger charge is 2.15. The van der Waals surface area contributed by atoms with Gasteiger partial charge in [0.05, 0.1) is 5.56 Å². The number of carbonyl (C=O) groups is 1. The Morgan fingerprint density at radius 1 is 1.19 bits per heavy atom. The Morgan fingerprint density at radius 2 is 2.00 bits per heavy atom. The molecule has 0 atom stereocenters. The van der Waals surface area contributed by atoms with E-state index in [9.17, 15) is 4.79 Å². The van der Waals surface area contributed by atoms with Crippen molar-refractivity contribution in [3.05, 3.63) is 63.9 Å². The highest BCUT2D eigenvalue weighted by Crippen LogP contribution is 2.25. The average Bonchev–Trinajstić information content (AvgIpc) is 3.20. The van der Waals surface area contributed by atoms with E-state index in [4.69, 9.17) is 25.2 Å². The van der Waals surface area contributed by atoms with Gasteiger partial charge in [0, 0.05) is 11.1 Å². The quantitative estimate of drug-likeness (QED) is 0.478. The third kappa shape index (κ3) is 4.21. The van der Waals surface area contributed by atoms with Crippen molar-refractivity contribution in [3.63, 3.8) is 0 Å². The lowest BCUT2D eigenvalue weighted by atomic mass is 10.1. The van der Waals surface area contributed by atoms with Crippen molar-refractivity contribution in [2.24, 2.45) is 0 Å². The number of aryl methyl sites for hydroxylation is 3. The van der Waals surface area contributed by atoms with Crippen LogP contribution in [0.4, 0.5) is 0 Å². The highest BCUT2D eigenvalue weighted by atomic mass is 35.5. The van der Waals surface area contributed by atoms with Crippen LogP contribution in [0.15, 0.2) is 39.2 Å². The van der Waals surface area contributed by atoms with E-state index in [2.05, 4.69) is 10.2 Å². The fourth-order valence-electron chi connectivity index (χ4n) is 2.32. The standard InChI is InChI=1S/C19H17ClN2O4/c1-11-4-5-14(9-16(11)20)6-7-18(23)24-10-17-21-22-19(26-17)15-8-12(2)25-13(15)3/h4-9H,10H2,1-3H3/b7-6+. The van der Waals surface area contributed by atoms with Gasteiger partial charge in [-0.1, -0.05) is 23.7 Å². The summed E-state index contributed by atoms with van der Waals surface area (Å²) < 4.78 is 16.0. The Labute approximate surface area is 155 Å². The van der Waals surface area contributed by atoms with Crippen LogP contribution in [0, 0.1) is 20.8 Å². The van der Waals surface area contributed by atoms with Gasteiger partial charge in [0.1, 0.15) is 11.5 Å². The molecule has 0 amide bonds. The zero-order valence-electron chi connectivity index (χ0n) is 14.6. The molecule has 0 N–H and O–H groups in total. The van der Waals surface area contributed by atoms with Crippen molar-refractivity contribution < 1.29 is 18.4 Å². The summed E-state index contributed by atoms with van der Waals surface area (Å²) in [6, 6.07) is 7.34. The lowest BCUT2D eigenvalue weighted by molar-refractivity contribution is -0.139. The molecule has 26 heavy (non-hydrogen) atoms. The second-order valence-electron chi connectivity index (χ2n) is 5.78. The lowest BCUT2D eigenvalue weighted by Crippen LogP contribution is -2.00. The van der Waals surface area contributed by atoms with Crippen LogP contribution in [0.1, 0.15) is 28.5 Å². The Balaban J connectivity index is 1.59. The van der Waals surface area contributed by atoms with E-state index in [0.29, 0.717) is 16.7 Å². The van der Waals surface area contributed by atoms with Crippen molar-refractivity contribution >= 4 is 23.6 Å². The molecule has 0 aliphatic rings. The molecule has 3 aromatic rings. The molecule has 0 saturated carbocycles. The van der Waals surface area contributed by atoms with Gasteiger partial charge in [0.25, 0.3) is 11.8 Å². The van der Waals surface area contributed by atoms with E-state index in [0.717, 1.165) is 22.5 Å². The molecule has 7 heteroatoms. The molecule has 0 spiro atoms. The van der Waals surface area contributed by atoms with Crippen LogP contribution in [0.25, 0.3) is 17.5 Å². The van der Waals surface area contributed by atoms with E-state index >= 15 is 0 Å². The molecular weight excluding hydrogens is 356 g/mol. The van der Waals surface area contributed by atoms with E-state index in [1.54, 1.807) is 12.1 Å². The van der Waals surface area contributed by atoms with Crippen LogP contribution >= 0.6 is 11.6 Å². The van der Waals surface area contributed by atoms with Gasteiger partial charge in [0.15, 0.2) is 6.61 Å². The summed E-state index contributed by atoms with van der Waals surface area (Å²) >= 11 is 6.05. The molecule has 0 fully saturated rings. The van der Waals surface area contributed by atoms with Crippen LogP contribution in [-0.2, 0) is 16.1 Å². The minimum Gasteiger partial charge on any atom is -0.466 e. The number of ether oxygens (including phenoxy) is 1. The molecule has 0 bridgehead atoms. The van der Waals surface area contributed by atoms with E-state index in [1.165, 1.54) is 6.08 Å². The summed E-state index contributed by atoms with van der Waals surface area (Å²) in [7, 11) is 0. The van der Waals surface area contributed by atoms with Crippen LogP contribution in [0.2, 0.25) is 5.02 Å². The fourth-order valence-corrected chi connectivity index (χ4v) is 2.51. The van der Waals surface area contributed by atoms with Crippen LogP contribution in [-0.4, -0.2) is 16.2 Å². The Kier molecular flexibility index (Phi) is 5.23. The predicted molar refractivity (Wildman–Crippen MR) is 96.5 cm³/mol. The Morgan fingerprint density at radius 3 is 2.69 bits per heavy atom. The molecule has 1 aromatic carbocycles. The molecule has 0 saturated heterocycles. The van der Waals surface area contributed by atoms with Gasteiger partial charge in [0.2, 0.25) is 0 Å². The molecule has 0 radical (unpaired) electrons. The maximum absolute atomic E-state index is 11.8. The van der Waals surface area contributed by atoms with Gasteiger partial charge >= 0.3 is 5.97 Å². The third-order valence-corrected chi connectivity index (χ3v) is 4.09. The van der Waals surface area contributed by atoms with Crippen LogP contribution in [0.3, 0.4) is 0 Å². The first-order valence-electron chi connectivity index (χ1n) is 7.93. The first kappa shape index (κ1) is 17.9. The van der Waals surface area contributed by atoms with Gasteiger partial charge in [-0.25, -0.2) is 4.79 Å². The molecule has 0 aliphatic carbocycles. The third-order valence-electron chi connectivity index (χ3n) is 3.68. The maximum atomic E-state index is 11.8. The van der Waals surface area contributed by atoms with Crippen molar-refractivity contribution in [1.29, 1.82) is 0 Å². The van der Waals surface area contributed by atoms with Gasteiger partial charge in [-0.05, 0) is 50.1 Å². The maximum Gasteiger partial charge on any atom is 0.331 e. The van der Waals surface area contributed by atoms with Gasteiger partial charge in [-0.15, -0.1) is 10.2 Å². The second kappa shape index (κ2) is 7.58. The Hall–Kier alpha value is -2.86. The minimum absolute atomic E-state index is 0.110. The number of benzene rings is 1. The second-order valence-corrected chi connectivity index (χ2v) is 6.18. The highest BCUT2D eigenvalue weighted by molar-refractivity contribution is 6.31. The predicted octanol–water partition coefficient (Wildman–Crippen LogP) is 4.66. The molecular formula is C19H17ClN2O4. The van der Waals surface area contributed by atoms with Crippen molar-refractivity contribution in [2.75, 3.05) is 0 Å². The smallest absolute Gasteiger partial charge is 0.331 e. The summed E-state index contributed by atoms with van der Waals surface area (Å²) in [6.45, 7) is 5.45. The number of nitrogens with zero attached hydrogens (tertiary/aromatic N) is 2. The number of hydrogen-bond acceptors (Lipinski definition) is 6. The van der Waals surface area contributed by atoms with E-state index in [-0.39, 0.29) is 12.5 Å². The number of halogens is 1. The molecule has 2 heterocycles. The lowest BCUT2D eigenvalue weighted by Gasteiger charge is -1.99. The summed E-state index contributed by atoms with van der Waals surface area (Å²) in [4.78, 5) is 11.8. The fraction of sp³-hybridized carbons (Fsp3) is 0.211. The SMILES string of the molecule is Cc1cc(-c2nnc(COC(=O)/C=C/c3ccc(C)c(Cl)c3)o2)c(C)o1. The Bertz CT molecular complexity index is 972. The van der Waals surface area contributed by atoms with Gasteiger partial charge < -0.3 is 13.6 Å². The zero-order chi connectivity index (χ0) is 18.7. The first-order chi connectivity index (χ1) is 12.4. The van der Waals surface area contributed by atoms with Crippen LogP contribution in [0.5, 0.6) is 0 Å².